The van der Waals surface area contributed by atoms with E-state index >= 15 is 0 Å². The molecule has 0 amide bonds. The van der Waals surface area contributed by atoms with Crippen molar-refractivity contribution in [3.05, 3.63) is 35.9 Å². The summed E-state index contributed by atoms with van der Waals surface area (Å²) in [5.74, 6) is 0. The lowest BCUT2D eigenvalue weighted by Gasteiger charge is -2.27. The van der Waals surface area contributed by atoms with Crippen molar-refractivity contribution in [2.45, 2.75) is 45.8 Å². The predicted molar refractivity (Wildman–Crippen MR) is 73.2 cm³/mol. The van der Waals surface area contributed by atoms with Gasteiger partial charge >= 0.3 is 0 Å². The van der Waals surface area contributed by atoms with Crippen LogP contribution in [-0.4, -0.2) is 18.8 Å². The van der Waals surface area contributed by atoms with Crippen LogP contribution in [0.4, 0.5) is 0 Å². The highest BCUT2D eigenvalue weighted by Crippen LogP contribution is 2.19. The summed E-state index contributed by atoms with van der Waals surface area (Å²) >= 11 is 0. The molecule has 0 spiro atoms. The lowest BCUT2D eigenvalue weighted by Crippen LogP contribution is -2.31. The van der Waals surface area contributed by atoms with Crippen molar-refractivity contribution in [2.75, 3.05) is 13.2 Å². The molecule has 0 fully saturated rings. The highest BCUT2D eigenvalue weighted by molar-refractivity contribution is 5.18. The van der Waals surface area contributed by atoms with Crippen molar-refractivity contribution >= 4 is 0 Å². The number of benzene rings is 1. The van der Waals surface area contributed by atoms with Gasteiger partial charge in [-0.15, -0.1) is 0 Å². The highest BCUT2D eigenvalue weighted by Gasteiger charge is 2.18. The predicted octanol–water partition coefficient (Wildman–Crippen LogP) is 3.54. The van der Waals surface area contributed by atoms with Gasteiger partial charge in [0.25, 0.3) is 0 Å². The highest BCUT2D eigenvalue weighted by atomic mass is 16.5. The van der Waals surface area contributed by atoms with E-state index in [-0.39, 0.29) is 11.6 Å². The lowest BCUT2D eigenvalue weighted by atomic mass is 10.1. The van der Waals surface area contributed by atoms with Crippen LogP contribution < -0.4 is 5.32 Å². The van der Waals surface area contributed by atoms with Gasteiger partial charge in [-0.05, 0) is 32.4 Å². The SMILES string of the molecule is CCNC(COC(C)(C)CC)c1ccccc1. The molecule has 0 bridgehead atoms. The minimum atomic E-state index is -0.0392. The topological polar surface area (TPSA) is 21.3 Å². The van der Waals surface area contributed by atoms with Gasteiger partial charge in [-0.25, -0.2) is 0 Å². The molecule has 1 rings (SSSR count). The molecule has 0 saturated heterocycles. The van der Waals surface area contributed by atoms with Gasteiger partial charge in [0.15, 0.2) is 0 Å². The van der Waals surface area contributed by atoms with Crippen LogP contribution >= 0.6 is 0 Å². The minimum absolute atomic E-state index is 0.0392. The van der Waals surface area contributed by atoms with Gasteiger partial charge in [-0.3, -0.25) is 0 Å². The molecule has 1 atom stereocenters. The Labute approximate surface area is 105 Å². The van der Waals surface area contributed by atoms with Gasteiger partial charge < -0.3 is 10.1 Å². The van der Waals surface area contributed by atoms with E-state index in [1.165, 1.54) is 5.56 Å². The fraction of sp³-hybridized carbons (Fsp3) is 0.600. The Balaban J connectivity index is 2.61. The third-order valence-electron chi connectivity index (χ3n) is 3.14. The fourth-order valence-corrected chi connectivity index (χ4v) is 1.62. The first-order chi connectivity index (χ1) is 8.09. The monoisotopic (exact) mass is 235 g/mol. The van der Waals surface area contributed by atoms with E-state index in [0.29, 0.717) is 0 Å². The molecule has 2 heteroatoms. The van der Waals surface area contributed by atoms with Crippen molar-refractivity contribution < 1.29 is 4.74 Å². The number of likely N-dealkylation sites (N-methyl/N-ethyl adjacent to an activating group) is 1. The summed E-state index contributed by atoms with van der Waals surface area (Å²) in [6.45, 7) is 10.2. The maximum Gasteiger partial charge on any atom is 0.0668 e. The summed E-state index contributed by atoms with van der Waals surface area (Å²) in [5.41, 5.74) is 1.25. The Morgan fingerprint density at radius 2 is 1.82 bits per heavy atom. The molecule has 17 heavy (non-hydrogen) atoms. The van der Waals surface area contributed by atoms with Gasteiger partial charge in [0.05, 0.1) is 18.2 Å². The summed E-state index contributed by atoms with van der Waals surface area (Å²) in [6.07, 6.45) is 1.03. The first-order valence-corrected chi connectivity index (χ1v) is 6.51. The van der Waals surface area contributed by atoms with Crippen LogP contribution in [0.1, 0.15) is 45.7 Å². The average Bonchev–Trinajstić information content (AvgIpc) is 2.35. The standard InChI is InChI=1S/C15H25NO/c1-5-15(3,4)17-12-14(16-6-2)13-10-8-7-9-11-13/h7-11,14,16H,5-6,12H2,1-4H3. The summed E-state index contributed by atoms with van der Waals surface area (Å²) in [4.78, 5) is 0. The van der Waals surface area contributed by atoms with Crippen LogP contribution in [0.2, 0.25) is 0 Å². The first-order valence-electron chi connectivity index (χ1n) is 6.51. The van der Waals surface area contributed by atoms with Crippen LogP contribution in [0, 0.1) is 0 Å². The lowest BCUT2D eigenvalue weighted by molar-refractivity contribution is -0.0306. The molecule has 1 aromatic carbocycles. The molecular formula is C15H25NO. The van der Waals surface area contributed by atoms with Crippen molar-refractivity contribution in [3.8, 4) is 0 Å². The van der Waals surface area contributed by atoms with Crippen LogP contribution in [0.25, 0.3) is 0 Å². The molecule has 1 unspecified atom stereocenters. The second-order valence-electron chi connectivity index (χ2n) is 4.95. The van der Waals surface area contributed by atoms with Gasteiger partial charge in [0.1, 0.15) is 0 Å². The van der Waals surface area contributed by atoms with Gasteiger partial charge in [0.2, 0.25) is 0 Å². The molecule has 0 aliphatic heterocycles. The fourth-order valence-electron chi connectivity index (χ4n) is 1.62. The van der Waals surface area contributed by atoms with Gasteiger partial charge in [-0.1, -0.05) is 44.2 Å². The Morgan fingerprint density at radius 3 is 2.35 bits per heavy atom. The van der Waals surface area contributed by atoms with Crippen molar-refractivity contribution in [2.24, 2.45) is 0 Å². The molecule has 0 radical (unpaired) electrons. The number of ether oxygens (including phenoxy) is 1. The van der Waals surface area contributed by atoms with E-state index in [1.807, 2.05) is 6.07 Å². The molecule has 0 heterocycles. The Hall–Kier alpha value is -0.860. The largest absolute Gasteiger partial charge is 0.374 e. The summed E-state index contributed by atoms with van der Waals surface area (Å²) < 4.78 is 5.99. The van der Waals surface area contributed by atoms with Crippen LogP contribution in [-0.2, 0) is 4.74 Å². The van der Waals surface area contributed by atoms with E-state index in [1.54, 1.807) is 0 Å². The number of hydrogen-bond donors (Lipinski definition) is 1. The Morgan fingerprint density at radius 1 is 1.18 bits per heavy atom. The van der Waals surface area contributed by atoms with Crippen LogP contribution in [0.15, 0.2) is 30.3 Å². The number of hydrogen-bond acceptors (Lipinski definition) is 2. The smallest absolute Gasteiger partial charge is 0.0668 e. The zero-order valence-corrected chi connectivity index (χ0v) is 11.5. The van der Waals surface area contributed by atoms with Crippen molar-refractivity contribution in [1.82, 2.24) is 5.32 Å². The molecular weight excluding hydrogens is 210 g/mol. The van der Waals surface area contributed by atoms with E-state index < -0.39 is 0 Å². The number of rotatable bonds is 7. The maximum absolute atomic E-state index is 5.99. The third-order valence-corrected chi connectivity index (χ3v) is 3.14. The molecule has 0 aliphatic carbocycles. The maximum atomic E-state index is 5.99. The zero-order chi connectivity index (χ0) is 12.7. The van der Waals surface area contributed by atoms with Crippen LogP contribution in [0.3, 0.4) is 0 Å². The zero-order valence-electron chi connectivity index (χ0n) is 11.5. The van der Waals surface area contributed by atoms with E-state index in [2.05, 4.69) is 57.3 Å². The molecule has 0 aliphatic rings. The quantitative estimate of drug-likeness (QED) is 0.780. The van der Waals surface area contributed by atoms with E-state index in [9.17, 15) is 0 Å². The normalized spacial score (nSPS) is 13.6. The molecule has 1 aromatic rings. The van der Waals surface area contributed by atoms with Gasteiger partial charge in [-0.2, -0.15) is 0 Å². The summed E-state index contributed by atoms with van der Waals surface area (Å²) in [7, 11) is 0. The van der Waals surface area contributed by atoms with E-state index in [4.69, 9.17) is 4.74 Å². The summed E-state index contributed by atoms with van der Waals surface area (Å²) in [6, 6.07) is 10.8. The molecule has 0 saturated carbocycles. The Kier molecular flexibility index (Phi) is 5.66. The second-order valence-corrected chi connectivity index (χ2v) is 4.95. The second kappa shape index (κ2) is 6.77. The molecule has 0 aromatic heterocycles. The third kappa shape index (κ3) is 4.88. The number of nitrogens with one attached hydrogen (secondary N) is 1. The van der Waals surface area contributed by atoms with Crippen molar-refractivity contribution in [3.63, 3.8) is 0 Å². The minimum Gasteiger partial charge on any atom is -0.374 e. The molecule has 1 N–H and O–H groups in total. The first kappa shape index (κ1) is 14.2. The summed E-state index contributed by atoms with van der Waals surface area (Å²) in [5, 5.41) is 3.47. The van der Waals surface area contributed by atoms with Gasteiger partial charge in [0, 0.05) is 0 Å². The molecule has 2 nitrogen and oxygen atoms in total. The van der Waals surface area contributed by atoms with E-state index in [0.717, 1.165) is 19.6 Å². The average molecular weight is 235 g/mol. The Bertz CT molecular complexity index is 308. The van der Waals surface area contributed by atoms with Crippen molar-refractivity contribution in [1.29, 1.82) is 0 Å². The molecule has 96 valence electrons. The van der Waals surface area contributed by atoms with Crippen LogP contribution in [0.5, 0.6) is 0 Å².